The Morgan fingerprint density at radius 1 is 1.25 bits per heavy atom. The van der Waals surface area contributed by atoms with Gasteiger partial charge in [0.05, 0.1) is 0 Å². The smallest absolute Gasteiger partial charge is 0.226 e. The zero-order chi connectivity index (χ0) is 14.3. The lowest BCUT2D eigenvalue weighted by molar-refractivity contribution is -0.145. The summed E-state index contributed by atoms with van der Waals surface area (Å²) in [6, 6.07) is 1.54. The number of carbonyl (C=O) groups is 2. The Balaban J connectivity index is 1.60. The highest BCUT2D eigenvalue weighted by Crippen LogP contribution is 2.30. The van der Waals surface area contributed by atoms with Gasteiger partial charge in [-0.05, 0) is 32.1 Å². The van der Waals surface area contributed by atoms with Crippen LogP contribution in [0.2, 0.25) is 0 Å². The van der Waals surface area contributed by atoms with Gasteiger partial charge in [-0.25, -0.2) is 0 Å². The van der Waals surface area contributed by atoms with E-state index in [0.29, 0.717) is 31.1 Å². The molecule has 3 fully saturated rings. The van der Waals surface area contributed by atoms with Gasteiger partial charge in [0.25, 0.3) is 0 Å². The van der Waals surface area contributed by atoms with Gasteiger partial charge in [-0.1, -0.05) is 0 Å². The number of likely N-dealkylation sites (tertiary alicyclic amines) is 1. The predicted octanol–water partition coefficient (Wildman–Crippen LogP) is 0.596. The molecule has 3 saturated heterocycles. The largest absolute Gasteiger partial charge is 0.346 e. The normalized spacial score (nSPS) is 37.1. The Morgan fingerprint density at radius 3 is 2.50 bits per heavy atom. The Morgan fingerprint density at radius 2 is 1.90 bits per heavy atom. The number of piperidine rings is 2. The Kier molecular flexibility index (Phi) is 3.71. The van der Waals surface area contributed by atoms with Crippen molar-refractivity contribution in [3.8, 4) is 0 Å². The maximum Gasteiger partial charge on any atom is 0.226 e. The van der Waals surface area contributed by atoms with Gasteiger partial charge in [-0.3, -0.25) is 9.59 Å². The van der Waals surface area contributed by atoms with Crippen LogP contribution in [0.4, 0.5) is 0 Å². The fraction of sp³-hybridized carbons (Fsp3) is 0.867. The van der Waals surface area contributed by atoms with Crippen LogP contribution in [0.1, 0.15) is 38.5 Å². The minimum absolute atomic E-state index is 0.101. The minimum Gasteiger partial charge on any atom is -0.346 e. The van der Waals surface area contributed by atoms with E-state index in [1.54, 1.807) is 4.90 Å². The fourth-order valence-electron chi connectivity index (χ4n) is 3.97. The molecule has 1 N–H and O–H groups in total. The molecule has 2 amide bonds. The number of hydrogen-bond acceptors (Lipinski definition) is 3. The van der Waals surface area contributed by atoms with Crippen LogP contribution in [0.3, 0.4) is 0 Å². The van der Waals surface area contributed by atoms with Crippen molar-refractivity contribution in [3.05, 3.63) is 0 Å². The third-order valence-electron chi connectivity index (χ3n) is 5.35. The molecule has 0 radical (unpaired) electrons. The average molecular weight is 279 g/mol. The van der Waals surface area contributed by atoms with Crippen LogP contribution in [0, 0.1) is 5.92 Å². The topological polar surface area (TPSA) is 52.7 Å². The molecule has 112 valence electrons. The Hall–Kier alpha value is -1.10. The molecule has 3 unspecified atom stereocenters. The molecule has 3 aliphatic rings. The van der Waals surface area contributed by atoms with Gasteiger partial charge in [0, 0.05) is 51.1 Å². The number of amides is 2. The first-order valence-electron chi connectivity index (χ1n) is 7.81. The molecular weight excluding hydrogens is 254 g/mol. The van der Waals surface area contributed by atoms with E-state index in [4.69, 9.17) is 0 Å². The van der Waals surface area contributed by atoms with Crippen molar-refractivity contribution < 1.29 is 9.59 Å². The van der Waals surface area contributed by atoms with Crippen molar-refractivity contribution in [2.75, 3.05) is 20.6 Å². The summed E-state index contributed by atoms with van der Waals surface area (Å²) in [5.74, 6) is 0.183. The molecule has 0 aliphatic carbocycles. The summed E-state index contributed by atoms with van der Waals surface area (Å²) in [5.41, 5.74) is 0. The van der Waals surface area contributed by atoms with Crippen LogP contribution in [0.15, 0.2) is 0 Å². The van der Waals surface area contributed by atoms with Crippen molar-refractivity contribution in [1.29, 1.82) is 0 Å². The summed E-state index contributed by atoms with van der Waals surface area (Å²) in [7, 11) is 3.75. The van der Waals surface area contributed by atoms with Crippen LogP contribution < -0.4 is 5.32 Å². The third-order valence-corrected chi connectivity index (χ3v) is 5.35. The lowest BCUT2D eigenvalue weighted by Gasteiger charge is -2.38. The molecular formula is C15H25N3O2. The monoisotopic (exact) mass is 279 g/mol. The molecule has 0 aromatic rings. The molecule has 3 atom stereocenters. The first-order valence-corrected chi connectivity index (χ1v) is 7.81. The molecule has 3 rings (SSSR count). The third kappa shape index (κ3) is 2.55. The highest BCUT2D eigenvalue weighted by molar-refractivity contribution is 5.86. The summed E-state index contributed by atoms with van der Waals surface area (Å²) in [4.78, 5) is 28.1. The lowest BCUT2D eigenvalue weighted by Crippen LogP contribution is -2.51. The van der Waals surface area contributed by atoms with E-state index in [0.717, 1.165) is 19.3 Å². The zero-order valence-electron chi connectivity index (χ0n) is 12.5. The number of hydrogen-bond donors (Lipinski definition) is 1. The summed E-state index contributed by atoms with van der Waals surface area (Å²) < 4.78 is 0. The fourth-order valence-corrected chi connectivity index (χ4v) is 3.97. The summed E-state index contributed by atoms with van der Waals surface area (Å²) in [6.07, 6.45) is 5.82. The van der Waals surface area contributed by atoms with Crippen LogP contribution in [-0.4, -0.2) is 60.4 Å². The SMILES string of the molecule is CN1CCC(C(=O)N(C)C2CC3CCC(C2)N3)CC1=O. The summed E-state index contributed by atoms with van der Waals surface area (Å²) >= 11 is 0. The zero-order valence-corrected chi connectivity index (χ0v) is 12.5. The van der Waals surface area contributed by atoms with Crippen molar-refractivity contribution in [1.82, 2.24) is 15.1 Å². The van der Waals surface area contributed by atoms with Crippen molar-refractivity contribution >= 4 is 11.8 Å². The maximum atomic E-state index is 12.6. The highest BCUT2D eigenvalue weighted by Gasteiger charge is 2.38. The van der Waals surface area contributed by atoms with Gasteiger partial charge < -0.3 is 15.1 Å². The molecule has 0 aromatic carbocycles. The van der Waals surface area contributed by atoms with Crippen LogP contribution in [0.25, 0.3) is 0 Å². The van der Waals surface area contributed by atoms with E-state index >= 15 is 0 Å². The number of nitrogens with one attached hydrogen (secondary N) is 1. The maximum absolute atomic E-state index is 12.6. The van der Waals surface area contributed by atoms with Gasteiger partial charge >= 0.3 is 0 Å². The van der Waals surface area contributed by atoms with E-state index in [-0.39, 0.29) is 17.7 Å². The Labute approximate surface area is 120 Å². The van der Waals surface area contributed by atoms with E-state index in [1.165, 1.54) is 12.8 Å². The molecule has 0 spiro atoms. The van der Waals surface area contributed by atoms with Crippen molar-refractivity contribution in [2.24, 2.45) is 5.92 Å². The average Bonchev–Trinajstić information content (AvgIpc) is 2.79. The van der Waals surface area contributed by atoms with Gasteiger partial charge in [0.1, 0.15) is 0 Å². The molecule has 2 bridgehead atoms. The van der Waals surface area contributed by atoms with E-state index < -0.39 is 0 Å². The van der Waals surface area contributed by atoms with E-state index in [9.17, 15) is 9.59 Å². The molecule has 20 heavy (non-hydrogen) atoms. The number of carbonyl (C=O) groups excluding carboxylic acids is 2. The lowest BCUT2D eigenvalue weighted by atomic mass is 9.92. The van der Waals surface area contributed by atoms with Crippen LogP contribution in [-0.2, 0) is 9.59 Å². The van der Waals surface area contributed by atoms with E-state index in [1.807, 2.05) is 19.0 Å². The van der Waals surface area contributed by atoms with Crippen LogP contribution >= 0.6 is 0 Å². The number of nitrogens with zero attached hydrogens (tertiary/aromatic N) is 2. The number of rotatable bonds is 2. The van der Waals surface area contributed by atoms with Gasteiger partial charge in [0.2, 0.25) is 11.8 Å². The Bertz CT molecular complexity index is 400. The summed E-state index contributed by atoms with van der Waals surface area (Å²) in [5, 5.41) is 3.61. The van der Waals surface area contributed by atoms with Gasteiger partial charge in [0.15, 0.2) is 0 Å². The molecule has 3 heterocycles. The predicted molar refractivity (Wildman–Crippen MR) is 76.1 cm³/mol. The second kappa shape index (κ2) is 5.35. The van der Waals surface area contributed by atoms with Crippen LogP contribution in [0.5, 0.6) is 0 Å². The first kappa shape index (κ1) is 13.9. The standard InChI is InChI=1S/C15H25N3O2/c1-17-6-5-10(7-14(17)19)15(20)18(2)13-8-11-3-4-12(9-13)16-11/h10-13,16H,3-9H2,1-2H3. The molecule has 0 saturated carbocycles. The second-order valence-electron chi connectivity index (χ2n) is 6.72. The highest BCUT2D eigenvalue weighted by atomic mass is 16.2. The molecule has 5 heteroatoms. The molecule has 3 aliphatic heterocycles. The van der Waals surface area contributed by atoms with Crippen molar-refractivity contribution in [2.45, 2.75) is 56.7 Å². The van der Waals surface area contributed by atoms with E-state index in [2.05, 4.69) is 5.32 Å². The quantitative estimate of drug-likeness (QED) is 0.805. The minimum atomic E-state index is -0.101. The molecule has 0 aromatic heterocycles. The van der Waals surface area contributed by atoms with Gasteiger partial charge in [-0.15, -0.1) is 0 Å². The van der Waals surface area contributed by atoms with Crippen molar-refractivity contribution in [3.63, 3.8) is 0 Å². The van der Waals surface area contributed by atoms with Gasteiger partial charge in [-0.2, -0.15) is 0 Å². The molecule has 5 nitrogen and oxygen atoms in total. The summed E-state index contributed by atoms with van der Waals surface area (Å²) in [6.45, 7) is 0.709. The number of fused-ring (bicyclic) bond motifs is 2. The first-order chi connectivity index (χ1) is 9.54. The second-order valence-corrected chi connectivity index (χ2v) is 6.72.